The quantitative estimate of drug-likeness (QED) is 0.889. The average Bonchev–Trinajstić information content (AvgIpc) is 3.17. The molecule has 1 atom stereocenters. The van der Waals surface area contributed by atoms with E-state index in [1.165, 1.54) is 12.1 Å². The number of aryl methyl sites for hydroxylation is 1. The summed E-state index contributed by atoms with van der Waals surface area (Å²) in [4.78, 5) is 14.8. The molecule has 0 radical (unpaired) electrons. The predicted molar refractivity (Wildman–Crippen MR) is 83.7 cm³/mol. The topological polar surface area (TPSA) is 61.0 Å². The molecule has 1 unspecified atom stereocenters. The number of benzene rings is 1. The van der Waals surface area contributed by atoms with E-state index in [1.54, 1.807) is 6.07 Å². The molecule has 2 N–H and O–H groups in total. The average molecular weight is 314 g/mol. The minimum Gasteiger partial charge on any atom is -0.328 e. The van der Waals surface area contributed by atoms with Crippen LogP contribution in [0.1, 0.15) is 39.8 Å². The van der Waals surface area contributed by atoms with Gasteiger partial charge in [0.05, 0.1) is 6.04 Å². The maximum Gasteiger partial charge on any atom is 0.275 e. The van der Waals surface area contributed by atoms with Crippen LogP contribution in [0.2, 0.25) is 0 Å². The third-order valence-electron chi connectivity index (χ3n) is 4.75. The van der Waals surface area contributed by atoms with Crippen molar-refractivity contribution in [1.82, 2.24) is 20.4 Å². The molecule has 1 saturated heterocycles. The number of nitrogens with one attached hydrogen (secondary N) is 2. The van der Waals surface area contributed by atoms with Gasteiger partial charge in [-0.1, -0.05) is 12.1 Å². The van der Waals surface area contributed by atoms with Crippen LogP contribution in [0.15, 0.2) is 24.3 Å². The Morgan fingerprint density at radius 1 is 1.35 bits per heavy atom. The number of fused-ring (bicyclic) bond motifs is 1. The molecule has 120 valence electrons. The van der Waals surface area contributed by atoms with E-state index < -0.39 is 0 Å². The van der Waals surface area contributed by atoms with Gasteiger partial charge in [-0.25, -0.2) is 4.39 Å². The molecule has 1 aromatic carbocycles. The fourth-order valence-corrected chi connectivity index (χ4v) is 3.59. The number of halogens is 1. The molecule has 1 amide bonds. The van der Waals surface area contributed by atoms with E-state index in [4.69, 9.17) is 0 Å². The fraction of sp³-hybridized carbons (Fsp3) is 0.412. The van der Waals surface area contributed by atoms with Crippen molar-refractivity contribution in [3.05, 3.63) is 52.6 Å². The van der Waals surface area contributed by atoms with Gasteiger partial charge in [-0.15, -0.1) is 0 Å². The van der Waals surface area contributed by atoms with E-state index in [2.05, 4.69) is 15.5 Å². The zero-order valence-corrected chi connectivity index (χ0v) is 12.8. The first kappa shape index (κ1) is 14.4. The number of nitrogens with zero attached hydrogens (tertiary/aromatic N) is 2. The summed E-state index contributed by atoms with van der Waals surface area (Å²) in [6, 6.07) is 6.32. The Bertz CT molecular complexity index is 742. The lowest BCUT2D eigenvalue weighted by Gasteiger charge is -2.36. The van der Waals surface area contributed by atoms with Crippen LogP contribution in [-0.2, 0) is 12.8 Å². The molecule has 1 fully saturated rings. The van der Waals surface area contributed by atoms with E-state index in [1.807, 2.05) is 11.0 Å². The highest BCUT2D eigenvalue weighted by Crippen LogP contribution is 2.28. The number of aromatic nitrogens is 2. The highest BCUT2D eigenvalue weighted by molar-refractivity contribution is 5.94. The number of carbonyl (C=O) groups excluding carboxylic acids is 1. The fourth-order valence-electron chi connectivity index (χ4n) is 3.59. The van der Waals surface area contributed by atoms with E-state index in [0.29, 0.717) is 18.8 Å². The van der Waals surface area contributed by atoms with Crippen LogP contribution in [0.25, 0.3) is 0 Å². The van der Waals surface area contributed by atoms with E-state index in [9.17, 15) is 9.18 Å². The van der Waals surface area contributed by atoms with Gasteiger partial charge in [0.1, 0.15) is 5.82 Å². The lowest BCUT2D eigenvalue weighted by atomic mass is 10.0. The summed E-state index contributed by atoms with van der Waals surface area (Å²) in [6.07, 6.45) is 2.94. The van der Waals surface area contributed by atoms with Crippen molar-refractivity contribution in [2.24, 2.45) is 0 Å². The van der Waals surface area contributed by atoms with Gasteiger partial charge in [0.15, 0.2) is 5.69 Å². The van der Waals surface area contributed by atoms with Crippen LogP contribution in [0.5, 0.6) is 0 Å². The zero-order valence-electron chi connectivity index (χ0n) is 12.8. The van der Waals surface area contributed by atoms with Gasteiger partial charge >= 0.3 is 0 Å². The number of hydrogen-bond donors (Lipinski definition) is 2. The maximum absolute atomic E-state index is 13.6. The molecule has 0 bridgehead atoms. The molecule has 1 aromatic heterocycles. The summed E-state index contributed by atoms with van der Waals surface area (Å²) in [6.45, 7) is 1.97. The van der Waals surface area contributed by atoms with Crippen LogP contribution in [0, 0.1) is 5.82 Å². The van der Waals surface area contributed by atoms with Crippen molar-refractivity contribution in [3.8, 4) is 0 Å². The van der Waals surface area contributed by atoms with E-state index >= 15 is 0 Å². The van der Waals surface area contributed by atoms with Crippen molar-refractivity contribution in [3.63, 3.8) is 0 Å². The highest BCUT2D eigenvalue weighted by atomic mass is 19.1. The molecular weight excluding hydrogens is 295 g/mol. The molecule has 2 aromatic rings. The first-order chi connectivity index (χ1) is 11.2. The van der Waals surface area contributed by atoms with Gasteiger partial charge in [0.25, 0.3) is 5.91 Å². The SMILES string of the molecule is O=C(c1n[nH]c2c1CCC2)N1CCNCC1c1cccc(F)c1. The third kappa shape index (κ3) is 2.53. The van der Waals surface area contributed by atoms with Crippen molar-refractivity contribution in [2.45, 2.75) is 25.3 Å². The van der Waals surface area contributed by atoms with E-state index in [0.717, 1.165) is 42.6 Å². The van der Waals surface area contributed by atoms with Gasteiger partial charge in [-0.3, -0.25) is 9.89 Å². The second-order valence-corrected chi connectivity index (χ2v) is 6.16. The lowest BCUT2D eigenvalue weighted by Crippen LogP contribution is -2.49. The van der Waals surface area contributed by atoms with Crippen molar-refractivity contribution in [1.29, 1.82) is 0 Å². The predicted octanol–water partition coefficient (Wildman–Crippen LogP) is 1.82. The molecule has 6 heteroatoms. The third-order valence-corrected chi connectivity index (χ3v) is 4.75. The van der Waals surface area contributed by atoms with Gasteiger partial charge in [0.2, 0.25) is 0 Å². The molecule has 4 rings (SSSR count). The number of carbonyl (C=O) groups is 1. The minimum atomic E-state index is -0.277. The van der Waals surface area contributed by atoms with Crippen LogP contribution >= 0.6 is 0 Å². The first-order valence-electron chi connectivity index (χ1n) is 8.07. The summed E-state index contributed by atoms with van der Waals surface area (Å²) in [5.74, 6) is -0.332. The summed E-state index contributed by atoms with van der Waals surface area (Å²) in [5.41, 5.74) is 3.51. The second kappa shape index (κ2) is 5.77. The monoisotopic (exact) mass is 314 g/mol. The molecule has 5 nitrogen and oxygen atoms in total. The number of rotatable bonds is 2. The minimum absolute atomic E-state index is 0.0554. The second-order valence-electron chi connectivity index (χ2n) is 6.16. The zero-order chi connectivity index (χ0) is 15.8. The Labute approximate surface area is 133 Å². The molecule has 0 saturated carbocycles. The largest absolute Gasteiger partial charge is 0.328 e. The van der Waals surface area contributed by atoms with Gasteiger partial charge in [0, 0.05) is 30.9 Å². The van der Waals surface area contributed by atoms with Crippen molar-refractivity contribution in [2.75, 3.05) is 19.6 Å². The summed E-state index contributed by atoms with van der Waals surface area (Å²) in [7, 11) is 0. The standard InChI is InChI=1S/C17H19FN4O/c18-12-4-1-3-11(9-12)15-10-19-7-8-22(15)17(23)16-13-5-2-6-14(13)20-21-16/h1,3-4,9,15,19H,2,5-8,10H2,(H,20,21). The van der Waals surface area contributed by atoms with Crippen LogP contribution in [-0.4, -0.2) is 40.6 Å². The number of amides is 1. The number of hydrogen-bond acceptors (Lipinski definition) is 3. The van der Waals surface area contributed by atoms with E-state index in [-0.39, 0.29) is 17.8 Å². The Morgan fingerprint density at radius 2 is 2.26 bits per heavy atom. The van der Waals surface area contributed by atoms with Gasteiger partial charge < -0.3 is 10.2 Å². The summed E-state index contributed by atoms with van der Waals surface area (Å²) < 4.78 is 13.6. The molecule has 0 spiro atoms. The Hall–Kier alpha value is -2.21. The van der Waals surface area contributed by atoms with Crippen LogP contribution in [0.4, 0.5) is 4.39 Å². The number of aromatic amines is 1. The van der Waals surface area contributed by atoms with Crippen molar-refractivity contribution >= 4 is 5.91 Å². The summed E-state index contributed by atoms with van der Waals surface area (Å²) >= 11 is 0. The first-order valence-corrected chi connectivity index (χ1v) is 8.07. The van der Waals surface area contributed by atoms with Crippen LogP contribution in [0.3, 0.4) is 0 Å². The Balaban J connectivity index is 1.66. The lowest BCUT2D eigenvalue weighted by molar-refractivity contribution is 0.0626. The molecule has 23 heavy (non-hydrogen) atoms. The highest BCUT2D eigenvalue weighted by Gasteiger charge is 2.32. The Kier molecular flexibility index (Phi) is 3.61. The Morgan fingerprint density at radius 3 is 3.13 bits per heavy atom. The smallest absolute Gasteiger partial charge is 0.275 e. The molecule has 1 aliphatic heterocycles. The number of piperazine rings is 1. The number of H-pyrrole nitrogens is 1. The molecular formula is C17H19FN4O. The van der Waals surface area contributed by atoms with Crippen LogP contribution < -0.4 is 5.32 Å². The normalized spacial score (nSPS) is 20.6. The molecule has 1 aliphatic carbocycles. The van der Waals surface area contributed by atoms with Crippen molar-refractivity contribution < 1.29 is 9.18 Å². The van der Waals surface area contributed by atoms with Gasteiger partial charge in [-0.2, -0.15) is 5.10 Å². The molecule has 2 aliphatic rings. The van der Waals surface area contributed by atoms with Gasteiger partial charge in [-0.05, 0) is 37.0 Å². The maximum atomic E-state index is 13.6. The molecule has 2 heterocycles. The summed E-state index contributed by atoms with van der Waals surface area (Å²) in [5, 5.41) is 10.5.